The summed E-state index contributed by atoms with van der Waals surface area (Å²) >= 11 is 0. The molecule has 0 aliphatic carbocycles. The van der Waals surface area contributed by atoms with Gasteiger partial charge in [0.15, 0.2) is 0 Å². The van der Waals surface area contributed by atoms with Crippen molar-refractivity contribution in [3.63, 3.8) is 0 Å². The molecular formula is C20H29N3O3. The van der Waals surface area contributed by atoms with Crippen LogP contribution in [0.4, 0.5) is 4.79 Å². The first kappa shape index (κ1) is 19.9. The van der Waals surface area contributed by atoms with Crippen LogP contribution in [0, 0.1) is 0 Å². The number of hydrogen-bond donors (Lipinski definition) is 2. The van der Waals surface area contributed by atoms with Crippen LogP contribution in [-0.4, -0.2) is 28.4 Å². The molecule has 4 amide bonds. The summed E-state index contributed by atoms with van der Waals surface area (Å²) in [7, 11) is 0. The van der Waals surface area contributed by atoms with Crippen LogP contribution >= 0.6 is 0 Å². The molecule has 26 heavy (non-hydrogen) atoms. The summed E-state index contributed by atoms with van der Waals surface area (Å²) < 4.78 is 0. The Morgan fingerprint density at radius 2 is 1.73 bits per heavy atom. The Morgan fingerprint density at radius 3 is 2.35 bits per heavy atom. The van der Waals surface area contributed by atoms with Crippen LogP contribution in [0.1, 0.15) is 75.2 Å². The lowest BCUT2D eigenvalue weighted by atomic mass is 9.94. The molecule has 0 unspecified atom stereocenters. The third kappa shape index (κ3) is 4.62. The quantitative estimate of drug-likeness (QED) is 0.523. The van der Waals surface area contributed by atoms with E-state index in [2.05, 4.69) is 17.7 Å². The number of nitrogens with zero attached hydrogens (tertiary/aromatic N) is 1. The van der Waals surface area contributed by atoms with E-state index in [1.54, 1.807) is 19.1 Å². The number of hydrogen-bond acceptors (Lipinski definition) is 3. The van der Waals surface area contributed by atoms with Crippen molar-refractivity contribution in [1.29, 1.82) is 0 Å². The number of unbranched alkanes of at least 4 members (excludes halogenated alkanes) is 4. The normalized spacial score (nSPS) is 19.6. The fourth-order valence-electron chi connectivity index (χ4n) is 3.10. The zero-order chi connectivity index (χ0) is 19.2. The summed E-state index contributed by atoms with van der Waals surface area (Å²) in [5, 5.41) is 3.53. The number of amides is 4. The molecule has 0 saturated carbocycles. The maximum absolute atomic E-state index is 12.7. The lowest BCUT2D eigenvalue weighted by molar-refractivity contribution is -0.132. The summed E-state index contributed by atoms with van der Waals surface area (Å²) in [6.07, 6.45) is 6.81. The van der Waals surface area contributed by atoms with Crippen LogP contribution in [0.2, 0.25) is 0 Å². The van der Waals surface area contributed by atoms with Gasteiger partial charge in [-0.25, -0.2) is 4.79 Å². The number of carbonyl (C=O) groups is 3. The third-order valence-electron chi connectivity index (χ3n) is 4.88. The summed E-state index contributed by atoms with van der Waals surface area (Å²) in [6, 6.07) is 6.53. The van der Waals surface area contributed by atoms with E-state index in [4.69, 9.17) is 0 Å². The number of imide groups is 1. The lowest BCUT2D eigenvalue weighted by Gasteiger charge is -2.21. The van der Waals surface area contributed by atoms with Crippen LogP contribution in [0.25, 0.3) is 0 Å². The highest BCUT2D eigenvalue weighted by Gasteiger charge is 2.48. The highest BCUT2D eigenvalue weighted by atomic mass is 16.2. The number of benzene rings is 1. The molecule has 1 aromatic rings. The first-order chi connectivity index (χ1) is 12.4. The maximum atomic E-state index is 12.7. The van der Waals surface area contributed by atoms with Crippen molar-refractivity contribution in [2.75, 3.05) is 0 Å². The Hall–Kier alpha value is -2.37. The molecule has 1 atom stereocenters. The highest BCUT2D eigenvalue weighted by Crippen LogP contribution is 2.23. The Kier molecular flexibility index (Phi) is 6.77. The first-order valence-corrected chi connectivity index (χ1v) is 9.48. The van der Waals surface area contributed by atoms with E-state index < -0.39 is 23.4 Å². The Morgan fingerprint density at radius 1 is 1.08 bits per heavy atom. The van der Waals surface area contributed by atoms with Gasteiger partial charge in [-0.15, -0.1) is 0 Å². The Bertz CT molecular complexity index is 657. The maximum Gasteiger partial charge on any atom is 0.344 e. The molecule has 1 saturated heterocycles. The molecule has 1 aliphatic rings. The standard InChI is InChI=1S/C20H29N3O3/c1-4-6-7-8-9-14-20(3)18(25)23(19(26)21-20)22-17(24)16-12-10-15(5-2)11-13-16/h10-13H,4-9,14H2,1-3H3,(H,21,26)(H,22,24)/t20-/m0/s1. The van der Waals surface area contributed by atoms with Crippen molar-refractivity contribution in [3.8, 4) is 0 Å². The van der Waals surface area contributed by atoms with Crippen molar-refractivity contribution in [1.82, 2.24) is 15.8 Å². The van der Waals surface area contributed by atoms with Gasteiger partial charge in [-0.2, -0.15) is 5.01 Å². The summed E-state index contributed by atoms with van der Waals surface area (Å²) in [4.78, 5) is 37.2. The van der Waals surface area contributed by atoms with Crippen LogP contribution < -0.4 is 10.7 Å². The van der Waals surface area contributed by atoms with Gasteiger partial charge in [-0.05, 0) is 37.5 Å². The van der Waals surface area contributed by atoms with Gasteiger partial charge in [0.2, 0.25) is 0 Å². The van der Waals surface area contributed by atoms with Gasteiger partial charge < -0.3 is 5.32 Å². The smallest absolute Gasteiger partial charge is 0.322 e. The Labute approximate surface area is 155 Å². The van der Waals surface area contributed by atoms with E-state index in [0.717, 1.165) is 42.7 Å². The molecular weight excluding hydrogens is 330 g/mol. The van der Waals surface area contributed by atoms with Gasteiger partial charge in [-0.3, -0.25) is 15.0 Å². The van der Waals surface area contributed by atoms with Crippen LogP contribution in [0.3, 0.4) is 0 Å². The molecule has 6 heteroatoms. The number of hydrazine groups is 1. The predicted molar refractivity (Wildman–Crippen MR) is 100 cm³/mol. The molecule has 1 heterocycles. The van der Waals surface area contributed by atoms with Crippen molar-refractivity contribution < 1.29 is 14.4 Å². The van der Waals surface area contributed by atoms with E-state index in [1.165, 1.54) is 6.42 Å². The third-order valence-corrected chi connectivity index (χ3v) is 4.88. The summed E-state index contributed by atoms with van der Waals surface area (Å²) in [5.41, 5.74) is 3.01. The van der Waals surface area contributed by atoms with Crippen molar-refractivity contribution >= 4 is 17.8 Å². The number of nitrogens with one attached hydrogen (secondary N) is 2. The first-order valence-electron chi connectivity index (χ1n) is 9.48. The topological polar surface area (TPSA) is 78.5 Å². The molecule has 0 radical (unpaired) electrons. The molecule has 142 valence electrons. The SMILES string of the molecule is CCCCCCC[C@]1(C)NC(=O)N(NC(=O)c2ccc(CC)cc2)C1=O. The lowest BCUT2D eigenvalue weighted by Crippen LogP contribution is -2.48. The average Bonchev–Trinajstić information content (AvgIpc) is 2.85. The molecule has 6 nitrogen and oxygen atoms in total. The van der Waals surface area contributed by atoms with Crippen LogP contribution in [0.15, 0.2) is 24.3 Å². The van der Waals surface area contributed by atoms with Crippen molar-refractivity contribution in [2.45, 2.75) is 71.3 Å². The van der Waals surface area contributed by atoms with Crippen molar-refractivity contribution in [3.05, 3.63) is 35.4 Å². The van der Waals surface area contributed by atoms with Gasteiger partial charge >= 0.3 is 6.03 Å². The molecule has 2 rings (SSSR count). The zero-order valence-corrected chi connectivity index (χ0v) is 15.9. The van der Waals surface area contributed by atoms with Crippen molar-refractivity contribution in [2.24, 2.45) is 0 Å². The summed E-state index contributed by atoms with van der Waals surface area (Å²) in [5.74, 6) is -0.875. The Balaban J connectivity index is 1.95. The van der Waals surface area contributed by atoms with Crippen LogP contribution in [0.5, 0.6) is 0 Å². The number of rotatable bonds is 9. The second-order valence-electron chi connectivity index (χ2n) is 7.06. The minimum atomic E-state index is -0.956. The monoisotopic (exact) mass is 359 g/mol. The largest absolute Gasteiger partial charge is 0.344 e. The fourth-order valence-corrected chi connectivity index (χ4v) is 3.10. The van der Waals surface area contributed by atoms with Gasteiger partial charge in [0.25, 0.3) is 11.8 Å². The molecule has 0 bridgehead atoms. The number of carbonyl (C=O) groups excluding carboxylic acids is 3. The van der Waals surface area contributed by atoms with Gasteiger partial charge in [0.1, 0.15) is 5.54 Å². The fraction of sp³-hybridized carbons (Fsp3) is 0.550. The highest BCUT2D eigenvalue weighted by molar-refractivity contribution is 6.09. The minimum Gasteiger partial charge on any atom is -0.322 e. The molecule has 0 spiro atoms. The van der Waals surface area contributed by atoms with Gasteiger partial charge in [0.05, 0.1) is 0 Å². The van der Waals surface area contributed by atoms with E-state index in [-0.39, 0.29) is 0 Å². The second-order valence-corrected chi connectivity index (χ2v) is 7.06. The van der Waals surface area contributed by atoms with Gasteiger partial charge in [-0.1, -0.05) is 58.1 Å². The minimum absolute atomic E-state index is 0.406. The van der Waals surface area contributed by atoms with Gasteiger partial charge in [0, 0.05) is 5.56 Å². The number of urea groups is 1. The molecule has 0 aromatic heterocycles. The van der Waals surface area contributed by atoms with E-state index >= 15 is 0 Å². The van der Waals surface area contributed by atoms with E-state index in [9.17, 15) is 14.4 Å². The molecule has 1 fully saturated rings. The van der Waals surface area contributed by atoms with E-state index in [0.29, 0.717) is 12.0 Å². The molecule has 1 aromatic carbocycles. The van der Waals surface area contributed by atoms with E-state index in [1.807, 2.05) is 19.1 Å². The summed E-state index contributed by atoms with van der Waals surface area (Å²) in [6.45, 7) is 5.90. The zero-order valence-electron chi connectivity index (χ0n) is 15.9. The number of aryl methyl sites for hydroxylation is 1. The molecule has 2 N–H and O–H groups in total. The second kappa shape index (κ2) is 8.83. The molecule has 1 aliphatic heterocycles. The van der Waals surface area contributed by atoms with Crippen LogP contribution in [-0.2, 0) is 11.2 Å². The predicted octanol–water partition coefficient (Wildman–Crippen LogP) is 3.56. The average molecular weight is 359 g/mol.